The Morgan fingerprint density at radius 1 is 0.495 bits per heavy atom. The van der Waals surface area contributed by atoms with Gasteiger partial charge in [0.25, 0.3) is 0 Å². The van der Waals surface area contributed by atoms with Crippen LogP contribution in [0.15, 0.2) is 140 Å². The van der Waals surface area contributed by atoms with Crippen molar-refractivity contribution in [1.82, 2.24) is 14.7 Å². The van der Waals surface area contributed by atoms with Crippen LogP contribution in [0.2, 0.25) is 15.1 Å². The van der Waals surface area contributed by atoms with Crippen molar-refractivity contribution >= 4 is 70.8 Å². The summed E-state index contributed by atoms with van der Waals surface area (Å²) in [5, 5.41) is 11.1. The average molecular weight is 1400 g/mol. The van der Waals surface area contributed by atoms with E-state index in [1.807, 2.05) is 62.4 Å². The Bertz CT molecular complexity index is 3840. The highest BCUT2D eigenvalue weighted by molar-refractivity contribution is 6.31. The molecule has 0 aliphatic carbocycles. The van der Waals surface area contributed by atoms with Crippen LogP contribution in [-0.4, -0.2) is 117 Å². The number of benzene rings is 6. The monoisotopic (exact) mass is 1400 g/mol. The van der Waals surface area contributed by atoms with Gasteiger partial charge in [0.1, 0.15) is 40.9 Å². The standard InChI is InChI=1S/C26H31ClFNO4.C26H29ClFNO4.C24H27ClFNO4/c2*1-6-32-16-26(5)15-20(29(23(26)30)24(31)33-25(2,3)4)13-17-7-9-18(10-8-17)21-14-19(27)11-12-22(21)28;1-23(2,3)31-22(30)27-18(13-24(4,14-28)21(27)29)11-15-5-7-16(8-6-15)19-12-17(25)9-10-20(19)26/h7-12,14,20H,6,13,15-16H2,1-5H3;6-12,14,20H,1,13,15-16H2,2-5H3;5-10,12,18,28H,11,13-14H2,1-4H3/t2*20-,26+;18-,24+/m111/s1. The molecule has 3 aliphatic rings. The van der Waals surface area contributed by atoms with Crippen molar-refractivity contribution in [3.05, 3.63) is 189 Å². The predicted molar refractivity (Wildman–Crippen MR) is 370 cm³/mol. The molecule has 15 nitrogen and oxygen atoms in total. The van der Waals surface area contributed by atoms with Crippen molar-refractivity contribution < 1.29 is 70.7 Å². The fourth-order valence-electron chi connectivity index (χ4n) is 12.0. The summed E-state index contributed by atoms with van der Waals surface area (Å²) in [5.74, 6) is -2.13. The third kappa shape index (κ3) is 19.8. The van der Waals surface area contributed by atoms with Gasteiger partial charge in [0.15, 0.2) is 0 Å². The number of amides is 6. The van der Waals surface area contributed by atoms with Gasteiger partial charge in [-0.3, -0.25) is 14.4 Å². The van der Waals surface area contributed by atoms with Crippen LogP contribution in [0.25, 0.3) is 33.4 Å². The molecule has 6 aromatic rings. The molecule has 0 radical (unpaired) electrons. The minimum Gasteiger partial charge on any atom is -0.501 e. The second-order valence-electron chi connectivity index (χ2n) is 28.6. The SMILES string of the molecule is C=COC[C@]1(C)C[C@@H](Cc2ccc(-c3cc(Cl)ccc3F)cc2)N(C(=O)OC(C)(C)C)C1=O.CC(C)(C)OC(=O)N1C(=O)[C@](C)(CO)C[C@H]1Cc1ccc(-c2cc(Cl)ccc2F)cc1.CCOC[C@]1(C)C[C@@H](Cc2ccc(-c3cc(Cl)ccc3F)cc2)N(C(=O)OC(C)(C)C)C1=O. The molecule has 6 atom stereocenters. The summed E-state index contributed by atoms with van der Waals surface area (Å²) >= 11 is 18.0. The van der Waals surface area contributed by atoms with Gasteiger partial charge in [-0.1, -0.05) is 114 Å². The van der Waals surface area contributed by atoms with Gasteiger partial charge in [-0.05, 0) is 217 Å². The number of carbonyl (C=O) groups excluding carboxylic acids is 6. The summed E-state index contributed by atoms with van der Waals surface area (Å²) in [6.07, 6.45) is 1.78. The minimum atomic E-state index is -1.04. The number of carbonyl (C=O) groups is 6. The number of ether oxygens (including phenoxy) is 5. The van der Waals surface area contributed by atoms with E-state index >= 15 is 0 Å². The Morgan fingerprint density at radius 3 is 1.04 bits per heavy atom. The van der Waals surface area contributed by atoms with Crippen LogP contribution >= 0.6 is 34.8 Å². The summed E-state index contributed by atoms with van der Waals surface area (Å²) in [6.45, 7) is 27.0. The molecule has 21 heteroatoms. The van der Waals surface area contributed by atoms with Crippen molar-refractivity contribution in [1.29, 1.82) is 0 Å². The van der Waals surface area contributed by atoms with Crippen LogP contribution in [0.4, 0.5) is 27.6 Å². The Hall–Kier alpha value is -7.74. The molecule has 9 rings (SSSR count). The summed E-state index contributed by atoms with van der Waals surface area (Å²) in [7, 11) is 0. The van der Waals surface area contributed by atoms with E-state index in [1.54, 1.807) is 119 Å². The van der Waals surface area contributed by atoms with E-state index in [9.17, 15) is 47.0 Å². The smallest absolute Gasteiger partial charge is 0.417 e. The summed E-state index contributed by atoms with van der Waals surface area (Å²) in [5.41, 5.74) is 1.09. The van der Waals surface area contributed by atoms with Crippen molar-refractivity contribution in [2.45, 2.75) is 163 Å². The normalized spacial score (nSPS) is 21.0. The van der Waals surface area contributed by atoms with Crippen molar-refractivity contribution in [3.8, 4) is 33.4 Å². The van der Waals surface area contributed by atoms with Crippen LogP contribution in [0.1, 0.15) is 126 Å². The van der Waals surface area contributed by atoms with Crippen molar-refractivity contribution in [2.75, 3.05) is 26.4 Å². The average Bonchev–Trinajstić information content (AvgIpc) is 1.62. The summed E-state index contributed by atoms with van der Waals surface area (Å²) < 4.78 is 69.9. The number of aliphatic hydroxyl groups excluding tert-OH is 1. The third-order valence-electron chi connectivity index (χ3n) is 16.6. The zero-order chi connectivity index (χ0) is 71.8. The summed E-state index contributed by atoms with van der Waals surface area (Å²) in [6, 6.07) is 34.0. The molecule has 0 unspecified atom stereocenters. The number of nitrogens with zero attached hydrogens (tertiary/aromatic N) is 3. The molecule has 0 spiro atoms. The number of rotatable bonds is 16. The Balaban J connectivity index is 0.000000205. The van der Waals surface area contributed by atoms with Gasteiger partial charge >= 0.3 is 18.3 Å². The van der Waals surface area contributed by atoms with Crippen LogP contribution in [0, 0.1) is 33.7 Å². The predicted octanol–water partition coefficient (Wildman–Crippen LogP) is 17.9. The van der Waals surface area contributed by atoms with Gasteiger partial charge in [0.2, 0.25) is 17.7 Å². The first kappa shape index (κ1) is 76.6. The number of hydrogen-bond acceptors (Lipinski definition) is 12. The maximum absolute atomic E-state index is 14.2. The quantitative estimate of drug-likeness (QED) is 0.0717. The molecule has 6 aromatic carbocycles. The lowest BCUT2D eigenvalue weighted by molar-refractivity contribution is -0.138. The van der Waals surface area contributed by atoms with Crippen molar-refractivity contribution in [2.24, 2.45) is 16.2 Å². The zero-order valence-electron chi connectivity index (χ0n) is 57.3. The molecule has 6 amide bonds. The van der Waals surface area contributed by atoms with Crippen LogP contribution in [-0.2, 0) is 57.3 Å². The number of likely N-dealkylation sites (tertiary alicyclic amines) is 3. The van der Waals surface area contributed by atoms with Crippen LogP contribution < -0.4 is 0 Å². The third-order valence-corrected chi connectivity index (χ3v) is 17.3. The first-order chi connectivity index (χ1) is 45.3. The Kier molecular flexibility index (Phi) is 24.8. The fraction of sp³-hybridized carbons (Fsp3) is 0.421. The first-order valence-electron chi connectivity index (χ1n) is 32.0. The highest BCUT2D eigenvalue weighted by Crippen LogP contribution is 2.43. The van der Waals surface area contributed by atoms with Gasteiger partial charge in [-0.15, -0.1) is 0 Å². The second-order valence-corrected chi connectivity index (χ2v) is 29.9. The maximum Gasteiger partial charge on any atom is 0.417 e. The number of aliphatic hydroxyl groups is 1. The fourth-order valence-corrected chi connectivity index (χ4v) is 12.5. The largest absolute Gasteiger partial charge is 0.501 e. The van der Waals surface area contributed by atoms with Gasteiger partial charge in [0.05, 0.1) is 35.7 Å². The zero-order valence-corrected chi connectivity index (χ0v) is 59.5. The molecule has 97 heavy (non-hydrogen) atoms. The van der Waals surface area contributed by atoms with Crippen LogP contribution in [0.3, 0.4) is 0 Å². The van der Waals surface area contributed by atoms with E-state index in [-0.39, 0.29) is 55.1 Å². The maximum atomic E-state index is 14.2. The molecular weight excluding hydrogens is 1310 g/mol. The Morgan fingerprint density at radius 2 is 0.773 bits per heavy atom. The van der Waals surface area contributed by atoms with Crippen LogP contribution in [0.5, 0.6) is 0 Å². The molecule has 3 aliphatic heterocycles. The first-order valence-corrected chi connectivity index (χ1v) is 33.2. The Labute approximate surface area is 582 Å². The van der Waals surface area contributed by atoms with E-state index < -0.39 is 69.3 Å². The number of hydrogen-bond donors (Lipinski definition) is 1. The van der Waals surface area contributed by atoms with Crippen molar-refractivity contribution in [3.63, 3.8) is 0 Å². The highest BCUT2D eigenvalue weighted by atomic mass is 35.5. The lowest BCUT2D eigenvalue weighted by atomic mass is 9.86. The van der Waals surface area contributed by atoms with Gasteiger partial charge in [0, 0.05) is 56.5 Å². The number of halogens is 6. The molecule has 3 heterocycles. The lowest BCUT2D eigenvalue weighted by Crippen LogP contribution is -2.45. The molecule has 520 valence electrons. The molecule has 0 bridgehead atoms. The van der Waals surface area contributed by atoms with E-state index in [0.29, 0.717) is 93.6 Å². The van der Waals surface area contributed by atoms with E-state index in [1.165, 1.54) is 52.5 Å². The van der Waals surface area contributed by atoms with Gasteiger partial charge in [-0.2, -0.15) is 0 Å². The van der Waals surface area contributed by atoms with Gasteiger partial charge < -0.3 is 28.8 Å². The van der Waals surface area contributed by atoms with E-state index in [0.717, 1.165) is 21.6 Å². The molecular formula is C76H87Cl3F3N3O12. The molecule has 3 fully saturated rings. The second kappa shape index (κ2) is 31.4. The van der Waals surface area contributed by atoms with E-state index in [2.05, 4.69) is 6.58 Å². The molecule has 0 aromatic heterocycles. The summed E-state index contributed by atoms with van der Waals surface area (Å²) in [4.78, 5) is 81.5. The minimum absolute atomic E-state index is 0.123. The van der Waals surface area contributed by atoms with Gasteiger partial charge in [-0.25, -0.2) is 42.3 Å². The molecule has 1 N–H and O–H groups in total. The van der Waals surface area contributed by atoms with E-state index in [4.69, 9.17) is 58.5 Å². The topological polar surface area (TPSA) is 179 Å². The lowest BCUT2D eigenvalue weighted by Gasteiger charge is -2.28. The molecule has 3 saturated heterocycles. The highest BCUT2D eigenvalue weighted by Gasteiger charge is 2.55. The number of imide groups is 3. The molecule has 0 saturated carbocycles.